The fourth-order valence-corrected chi connectivity index (χ4v) is 2.96. The Kier molecular flexibility index (Phi) is 6.72. The van der Waals surface area contributed by atoms with Crippen LogP contribution >= 0.6 is 11.6 Å². The summed E-state index contributed by atoms with van der Waals surface area (Å²) in [6.45, 7) is 3.83. The lowest BCUT2D eigenvalue weighted by molar-refractivity contribution is -0.383. The van der Waals surface area contributed by atoms with Gasteiger partial charge in [0.25, 0.3) is 5.69 Å². The van der Waals surface area contributed by atoms with E-state index in [0.29, 0.717) is 12.5 Å². The van der Waals surface area contributed by atoms with E-state index in [-0.39, 0.29) is 34.8 Å². The first-order valence-electron chi connectivity index (χ1n) is 8.05. The van der Waals surface area contributed by atoms with Crippen LogP contribution in [0.4, 0.5) is 11.4 Å². The number of benzene rings is 1. The molecule has 9 heteroatoms. The number of likely N-dealkylation sites (tertiary alicyclic amines) is 1. The molecule has 8 nitrogen and oxygen atoms in total. The standard InChI is InChI=1S/C16H21ClN4O4/c1-11(22)18-9-12-4-6-20(7-5-12)10-16(23)19-14-3-2-13(17)8-15(14)21(24)25/h2-3,8,12H,4-7,9-10H2,1H3,(H,18,22)(H,19,23). The van der Waals surface area contributed by atoms with Gasteiger partial charge in [-0.2, -0.15) is 0 Å². The van der Waals surface area contributed by atoms with Crippen molar-refractivity contribution in [3.63, 3.8) is 0 Å². The third-order valence-electron chi connectivity index (χ3n) is 4.14. The van der Waals surface area contributed by atoms with Gasteiger partial charge in [0.2, 0.25) is 11.8 Å². The molecule has 1 heterocycles. The van der Waals surface area contributed by atoms with Gasteiger partial charge in [-0.05, 0) is 44.0 Å². The van der Waals surface area contributed by atoms with Crippen LogP contribution in [0.25, 0.3) is 0 Å². The van der Waals surface area contributed by atoms with Gasteiger partial charge in [-0.25, -0.2) is 0 Å². The number of hydrogen-bond donors (Lipinski definition) is 2. The maximum atomic E-state index is 12.2. The second kappa shape index (κ2) is 8.77. The summed E-state index contributed by atoms with van der Waals surface area (Å²) >= 11 is 5.76. The molecule has 25 heavy (non-hydrogen) atoms. The molecule has 1 aliphatic rings. The van der Waals surface area contributed by atoms with Gasteiger partial charge in [0.15, 0.2) is 0 Å². The fraction of sp³-hybridized carbons (Fsp3) is 0.500. The number of carbonyl (C=O) groups is 2. The largest absolute Gasteiger partial charge is 0.356 e. The second-order valence-electron chi connectivity index (χ2n) is 6.12. The molecule has 1 aromatic carbocycles. The van der Waals surface area contributed by atoms with E-state index in [1.807, 2.05) is 4.90 Å². The maximum absolute atomic E-state index is 12.2. The Bertz CT molecular complexity index is 660. The lowest BCUT2D eigenvalue weighted by atomic mass is 9.97. The van der Waals surface area contributed by atoms with Crippen molar-refractivity contribution < 1.29 is 14.5 Å². The smallest absolute Gasteiger partial charge is 0.294 e. The zero-order chi connectivity index (χ0) is 18.4. The van der Waals surface area contributed by atoms with Gasteiger partial charge in [-0.15, -0.1) is 0 Å². The summed E-state index contributed by atoms with van der Waals surface area (Å²) in [6, 6.07) is 4.14. The van der Waals surface area contributed by atoms with E-state index >= 15 is 0 Å². The highest BCUT2D eigenvalue weighted by atomic mass is 35.5. The molecule has 0 bridgehead atoms. The van der Waals surface area contributed by atoms with E-state index in [2.05, 4.69) is 10.6 Å². The maximum Gasteiger partial charge on any atom is 0.294 e. The first kappa shape index (κ1) is 19.1. The summed E-state index contributed by atoms with van der Waals surface area (Å²) in [7, 11) is 0. The highest BCUT2D eigenvalue weighted by Gasteiger charge is 2.22. The molecule has 0 aliphatic carbocycles. The minimum atomic E-state index is -0.574. The monoisotopic (exact) mass is 368 g/mol. The first-order valence-corrected chi connectivity index (χ1v) is 8.43. The summed E-state index contributed by atoms with van der Waals surface area (Å²) in [5.41, 5.74) is -0.0881. The van der Waals surface area contributed by atoms with Crippen molar-refractivity contribution in [2.45, 2.75) is 19.8 Å². The van der Waals surface area contributed by atoms with E-state index < -0.39 is 4.92 Å². The Morgan fingerprint density at radius 1 is 1.36 bits per heavy atom. The zero-order valence-corrected chi connectivity index (χ0v) is 14.7. The number of amides is 2. The molecular weight excluding hydrogens is 348 g/mol. The average Bonchev–Trinajstić information content (AvgIpc) is 2.55. The lowest BCUT2D eigenvalue weighted by Crippen LogP contribution is -2.41. The molecule has 0 spiro atoms. The Morgan fingerprint density at radius 2 is 2.04 bits per heavy atom. The number of hydrogen-bond acceptors (Lipinski definition) is 5. The molecule has 0 atom stereocenters. The van der Waals surface area contributed by atoms with Gasteiger partial charge >= 0.3 is 0 Å². The molecule has 1 aliphatic heterocycles. The van der Waals surface area contributed by atoms with Crippen LogP contribution in [0.1, 0.15) is 19.8 Å². The number of nitrogens with zero attached hydrogens (tertiary/aromatic N) is 2. The lowest BCUT2D eigenvalue weighted by Gasteiger charge is -2.31. The Morgan fingerprint density at radius 3 is 2.64 bits per heavy atom. The van der Waals surface area contributed by atoms with Gasteiger partial charge in [-0.3, -0.25) is 24.6 Å². The minimum Gasteiger partial charge on any atom is -0.356 e. The van der Waals surface area contributed by atoms with E-state index in [9.17, 15) is 19.7 Å². The quantitative estimate of drug-likeness (QED) is 0.590. The third kappa shape index (κ3) is 5.99. The number of nitro benzene ring substituents is 1. The third-order valence-corrected chi connectivity index (χ3v) is 4.38. The van der Waals surface area contributed by atoms with Gasteiger partial charge in [-0.1, -0.05) is 11.6 Å². The molecule has 0 unspecified atom stereocenters. The molecule has 0 saturated carbocycles. The van der Waals surface area contributed by atoms with E-state index in [1.165, 1.54) is 25.1 Å². The van der Waals surface area contributed by atoms with Crippen LogP contribution in [0, 0.1) is 16.0 Å². The number of nitro groups is 1. The SMILES string of the molecule is CC(=O)NCC1CCN(CC(=O)Nc2ccc(Cl)cc2[N+](=O)[O-])CC1. The van der Waals surface area contributed by atoms with Crippen molar-refractivity contribution in [3.05, 3.63) is 33.3 Å². The normalized spacial score (nSPS) is 15.6. The molecular formula is C16H21ClN4O4. The van der Waals surface area contributed by atoms with E-state index in [4.69, 9.17) is 11.6 Å². The molecule has 1 saturated heterocycles. The summed E-state index contributed by atoms with van der Waals surface area (Å²) < 4.78 is 0. The second-order valence-corrected chi connectivity index (χ2v) is 6.56. The van der Waals surface area contributed by atoms with Crippen molar-refractivity contribution in [1.82, 2.24) is 10.2 Å². The molecule has 2 N–H and O–H groups in total. The number of anilines is 1. The molecule has 2 amide bonds. The highest BCUT2D eigenvalue weighted by Crippen LogP contribution is 2.27. The minimum absolute atomic E-state index is 0.0358. The van der Waals surface area contributed by atoms with Gasteiger partial charge < -0.3 is 10.6 Å². The van der Waals surface area contributed by atoms with E-state index in [1.54, 1.807) is 0 Å². The number of rotatable bonds is 6. The number of halogens is 1. The van der Waals surface area contributed by atoms with Crippen molar-refractivity contribution in [1.29, 1.82) is 0 Å². The predicted octanol–water partition coefficient (Wildman–Crippen LogP) is 2.03. The molecule has 0 radical (unpaired) electrons. The fourth-order valence-electron chi connectivity index (χ4n) is 2.79. The highest BCUT2D eigenvalue weighted by molar-refractivity contribution is 6.31. The van der Waals surface area contributed by atoms with Crippen molar-refractivity contribution in [2.75, 3.05) is 31.5 Å². The number of piperidine rings is 1. The van der Waals surface area contributed by atoms with Crippen LogP contribution in [-0.2, 0) is 9.59 Å². The molecule has 1 fully saturated rings. The first-order chi connectivity index (χ1) is 11.8. The van der Waals surface area contributed by atoms with Crippen LogP contribution in [-0.4, -0.2) is 47.8 Å². The van der Waals surface area contributed by atoms with Crippen LogP contribution in [0.15, 0.2) is 18.2 Å². The number of carbonyl (C=O) groups excluding carboxylic acids is 2. The van der Waals surface area contributed by atoms with Gasteiger partial charge in [0.05, 0.1) is 11.5 Å². The Balaban J connectivity index is 1.84. The summed E-state index contributed by atoms with van der Waals surface area (Å²) in [4.78, 5) is 35.6. The van der Waals surface area contributed by atoms with Crippen LogP contribution < -0.4 is 10.6 Å². The number of nitrogens with one attached hydrogen (secondary N) is 2. The van der Waals surface area contributed by atoms with Gasteiger partial charge in [0, 0.05) is 24.6 Å². The van der Waals surface area contributed by atoms with Crippen LogP contribution in [0.3, 0.4) is 0 Å². The summed E-state index contributed by atoms with van der Waals surface area (Å²) in [5.74, 6) is 0.0812. The Hall–Kier alpha value is -2.19. The average molecular weight is 369 g/mol. The molecule has 0 aromatic heterocycles. The Labute approximate surface area is 150 Å². The predicted molar refractivity (Wildman–Crippen MR) is 94.6 cm³/mol. The van der Waals surface area contributed by atoms with Crippen molar-refractivity contribution in [3.8, 4) is 0 Å². The van der Waals surface area contributed by atoms with Crippen LogP contribution in [0.5, 0.6) is 0 Å². The molecule has 2 rings (SSSR count). The zero-order valence-electron chi connectivity index (χ0n) is 14.0. The summed E-state index contributed by atoms with van der Waals surface area (Å²) in [5, 5.41) is 16.7. The van der Waals surface area contributed by atoms with Crippen LogP contribution in [0.2, 0.25) is 5.02 Å². The van der Waals surface area contributed by atoms with Crippen molar-refractivity contribution >= 4 is 34.8 Å². The van der Waals surface area contributed by atoms with Crippen molar-refractivity contribution in [2.24, 2.45) is 5.92 Å². The van der Waals surface area contributed by atoms with Gasteiger partial charge in [0.1, 0.15) is 5.69 Å². The molecule has 136 valence electrons. The molecule has 1 aromatic rings. The van der Waals surface area contributed by atoms with E-state index in [0.717, 1.165) is 25.9 Å². The topological polar surface area (TPSA) is 105 Å². The summed E-state index contributed by atoms with van der Waals surface area (Å²) in [6.07, 6.45) is 1.79.